The van der Waals surface area contributed by atoms with Gasteiger partial charge in [0.2, 0.25) is 0 Å². The number of non-ortho nitro benzene ring substituents is 1. The highest BCUT2D eigenvalue weighted by Crippen LogP contribution is 2.24. The first-order valence-corrected chi connectivity index (χ1v) is 8.66. The monoisotopic (exact) mass is 346 g/mol. The van der Waals surface area contributed by atoms with E-state index in [1.165, 1.54) is 18.2 Å². The molecular weight excluding hydrogens is 328 g/mol. The van der Waals surface area contributed by atoms with E-state index >= 15 is 0 Å². The lowest BCUT2D eigenvalue weighted by molar-refractivity contribution is -0.384. The largest absolute Gasteiger partial charge is 0.369 e. The molecule has 7 nitrogen and oxygen atoms in total. The van der Waals surface area contributed by atoms with Gasteiger partial charge in [-0.1, -0.05) is 0 Å². The van der Waals surface area contributed by atoms with Crippen LogP contribution in [0.15, 0.2) is 24.3 Å². The van der Waals surface area contributed by atoms with Crippen molar-refractivity contribution in [2.45, 2.75) is 25.5 Å². The fourth-order valence-corrected chi connectivity index (χ4v) is 2.99. The molecule has 0 amide bonds. The number of nitriles is 1. The number of anilines is 1. The van der Waals surface area contributed by atoms with Crippen LogP contribution in [0.4, 0.5) is 11.5 Å². The first-order valence-electron chi connectivity index (χ1n) is 7.34. The smallest absolute Gasteiger partial charge is 0.270 e. The number of nitro groups is 1. The number of fused-ring (bicyclic) bond motifs is 1. The average Bonchev–Trinajstić information content (AvgIpc) is 2.52. The third-order valence-electron chi connectivity index (χ3n) is 3.40. The Bertz CT molecular complexity index is 853. The van der Waals surface area contributed by atoms with Gasteiger partial charge in [0.15, 0.2) is 0 Å². The van der Waals surface area contributed by atoms with E-state index in [2.05, 4.69) is 10.3 Å². The summed E-state index contributed by atoms with van der Waals surface area (Å²) in [5.74, 6) is 0.949. The molecule has 1 heterocycles. The number of aromatic nitrogens is 1. The van der Waals surface area contributed by atoms with E-state index in [0.717, 1.165) is 0 Å². The molecule has 1 N–H and O–H groups in total. The quantitative estimate of drug-likeness (QED) is 0.658. The molecule has 0 aliphatic rings. The Hall–Kier alpha value is -2.53. The van der Waals surface area contributed by atoms with Gasteiger partial charge in [-0.15, -0.1) is 0 Å². The molecule has 0 unspecified atom stereocenters. The number of benzene rings is 1. The van der Waals surface area contributed by atoms with Gasteiger partial charge in [-0.05, 0) is 32.9 Å². The van der Waals surface area contributed by atoms with Crippen molar-refractivity contribution in [3.8, 4) is 6.07 Å². The van der Waals surface area contributed by atoms with E-state index in [1.807, 2.05) is 26.8 Å². The predicted octanol–water partition coefficient (Wildman–Crippen LogP) is 2.97. The van der Waals surface area contributed by atoms with Crippen LogP contribution in [0.3, 0.4) is 0 Å². The number of nitro benzene ring substituents is 1. The van der Waals surface area contributed by atoms with E-state index in [4.69, 9.17) is 0 Å². The predicted molar refractivity (Wildman–Crippen MR) is 94.4 cm³/mol. The Balaban J connectivity index is 2.24. The van der Waals surface area contributed by atoms with Crippen LogP contribution < -0.4 is 5.32 Å². The van der Waals surface area contributed by atoms with E-state index < -0.39 is 15.7 Å². The lowest BCUT2D eigenvalue weighted by Gasteiger charge is -2.17. The van der Waals surface area contributed by atoms with Gasteiger partial charge >= 0.3 is 0 Å². The van der Waals surface area contributed by atoms with E-state index in [1.54, 1.807) is 6.07 Å². The molecule has 0 spiro atoms. The van der Waals surface area contributed by atoms with Crippen LogP contribution in [-0.2, 0) is 10.8 Å². The second-order valence-electron chi connectivity index (χ2n) is 6.21. The highest BCUT2D eigenvalue weighted by molar-refractivity contribution is 7.86. The summed E-state index contributed by atoms with van der Waals surface area (Å²) in [6.07, 6.45) is 0. The highest BCUT2D eigenvalue weighted by Gasteiger charge is 2.18. The number of pyridine rings is 1. The van der Waals surface area contributed by atoms with Crippen LogP contribution in [0.1, 0.15) is 26.3 Å². The van der Waals surface area contributed by atoms with E-state index in [0.29, 0.717) is 34.6 Å². The lowest BCUT2D eigenvalue weighted by atomic mass is 10.1. The Morgan fingerprint density at radius 2 is 2.08 bits per heavy atom. The van der Waals surface area contributed by atoms with Gasteiger partial charge in [-0.2, -0.15) is 5.26 Å². The van der Waals surface area contributed by atoms with E-state index in [9.17, 15) is 19.6 Å². The SMILES string of the molecule is CC(C)(C)[S@@](=O)CCNc1cc(C#N)c2cc([N+](=O)[O-])ccc2n1. The van der Waals surface area contributed by atoms with Crippen LogP contribution in [0.5, 0.6) is 0 Å². The topological polar surface area (TPSA) is 109 Å². The molecule has 0 saturated carbocycles. The zero-order valence-corrected chi connectivity index (χ0v) is 14.5. The molecule has 8 heteroatoms. The third-order valence-corrected chi connectivity index (χ3v) is 5.34. The van der Waals surface area contributed by atoms with Crippen molar-refractivity contribution in [3.05, 3.63) is 39.9 Å². The van der Waals surface area contributed by atoms with Gasteiger partial charge in [-0.3, -0.25) is 14.3 Å². The number of nitrogens with one attached hydrogen (secondary N) is 1. The molecular formula is C16H18N4O3S. The minimum atomic E-state index is -0.984. The summed E-state index contributed by atoms with van der Waals surface area (Å²) in [5.41, 5.74) is 0.726. The van der Waals surface area contributed by atoms with Gasteiger partial charge in [0.25, 0.3) is 5.69 Å². The van der Waals surface area contributed by atoms with Crippen LogP contribution in [0.2, 0.25) is 0 Å². The molecule has 0 bridgehead atoms. The standard InChI is InChI=1S/C16H18N4O3S/c1-16(2,3)24(23)7-6-18-15-8-11(10-17)13-9-12(20(21)22)4-5-14(13)19-15/h4-5,8-9H,6-7H2,1-3H3,(H,18,19)/t24-/m0/s1. The summed E-state index contributed by atoms with van der Waals surface area (Å²) in [4.78, 5) is 14.7. The maximum atomic E-state index is 12.0. The Morgan fingerprint density at radius 3 is 2.67 bits per heavy atom. The Morgan fingerprint density at radius 1 is 1.38 bits per heavy atom. The van der Waals surface area contributed by atoms with Crippen LogP contribution in [0.25, 0.3) is 10.9 Å². The van der Waals surface area contributed by atoms with E-state index in [-0.39, 0.29) is 10.4 Å². The van der Waals surface area contributed by atoms with Crippen molar-refractivity contribution in [1.29, 1.82) is 5.26 Å². The minimum absolute atomic E-state index is 0.0814. The molecule has 0 aliphatic carbocycles. The molecule has 0 fully saturated rings. The Labute approximate surface area is 142 Å². The Kier molecular flexibility index (Phi) is 5.14. The first-order chi connectivity index (χ1) is 11.2. The van der Waals surface area contributed by atoms with Crippen molar-refractivity contribution < 1.29 is 9.13 Å². The molecule has 1 aromatic carbocycles. The van der Waals surface area contributed by atoms with Gasteiger partial charge in [0.05, 0.1) is 22.1 Å². The molecule has 2 rings (SSSR count). The summed E-state index contributed by atoms with van der Waals surface area (Å²) >= 11 is 0. The van der Waals surface area contributed by atoms with Crippen LogP contribution in [-0.4, -0.2) is 31.2 Å². The first kappa shape index (κ1) is 17.8. The zero-order valence-electron chi connectivity index (χ0n) is 13.7. The lowest BCUT2D eigenvalue weighted by Crippen LogP contribution is -2.27. The molecule has 1 aromatic heterocycles. The second kappa shape index (κ2) is 6.93. The average molecular weight is 346 g/mol. The molecule has 24 heavy (non-hydrogen) atoms. The van der Waals surface area contributed by atoms with Crippen molar-refractivity contribution in [2.24, 2.45) is 0 Å². The van der Waals surface area contributed by atoms with Crippen molar-refractivity contribution in [3.63, 3.8) is 0 Å². The molecule has 0 saturated heterocycles. The second-order valence-corrected chi connectivity index (χ2v) is 8.54. The normalized spacial score (nSPS) is 12.6. The van der Waals surface area contributed by atoms with Gasteiger partial charge in [0, 0.05) is 45.4 Å². The molecule has 2 aromatic rings. The maximum Gasteiger partial charge on any atom is 0.270 e. The number of hydrogen-bond acceptors (Lipinski definition) is 6. The van der Waals surface area contributed by atoms with Gasteiger partial charge < -0.3 is 5.32 Å². The molecule has 0 aliphatic heterocycles. The van der Waals surface area contributed by atoms with Crippen LogP contribution in [0, 0.1) is 21.4 Å². The van der Waals surface area contributed by atoms with Crippen LogP contribution >= 0.6 is 0 Å². The fraction of sp³-hybridized carbons (Fsp3) is 0.375. The zero-order chi connectivity index (χ0) is 17.9. The summed E-state index contributed by atoms with van der Waals surface area (Å²) in [6.45, 7) is 6.20. The van der Waals surface area contributed by atoms with Crippen molar-refractivity contribution >= 4 is 33.2 Å². The highest BCUT2D eigenvalue weighted by atomic mass is 32.2. The van der Waals surface area contributed by atoms with Gasteiger partial charge in [-0.25, -0.2) is 4.98 Å². The number of hydrogen-bond donors (Lipinski definition) is 1. The summed E-state index contributed by atoms with van der Waals surface area (Å²) in [6, 6.07) is 7.81. The maximum absolute atomic E-state index is 12.0. The van der Waals surface area contributed by atoms with Crippen molar-refractivity contribution in [1.82, 2.24) is 4.98 Å². The minimum Gasteiger partial charge on any atom is -0.369 e. The summed E-state index contributed by atoms with van der Waals surface area (Å²) < 4.78 is 11.7. The third kappa shape index (κ3) is 4.06. The molecule has 0 radical (unpaired) electrons. The number of nitrogens with zero attached hydrogens (tertiary/aromatic N) is 3. The summed E-state index contributed by atoms with van der Waals surface area (Å²) in [5, 5.41) is 23.6. The molecule has 1 atom stereocenters. The number of rotatable bonds is 5. The van der Waals surface area contributed by atoms with Crippen molar-refractivity contribution in [2.75, 3.05) is 17.6 Å². The summed E-state index contributed by atoms with van der Waals surface area (Å²) in [7, 11) is -0.984. The van der Waals surface area contributed by atoms with Gasteiger partial charge in [0.1, 0.15) is 5.82 Å². The fourth-order valence-electron chi connectivity index (χ4n) is 2.09. The molecule has 126 valence electrons.